The molecule has 0 N–H and O–H groups in total. The third kappa shape index (κ3) is 2.10. The number of furan rings is 1. The zero-order valence-corrected chi connectivity index (χ0v) is 15.6. The minimum Gasteiger partial charge on any atom is -0.455 e. The first-order valence-electron chi connectivity index (χ1n) is 9.18. The first-order chi connectivity index (χ1) is 12.5. The summed E-state index contributed by atoms with van der Waals surface area (Å²) in [6, 6.07) is 12.8. The number of nitrogens with zero attached hydrogens (tertiary/aromatic N) is 1. The highest BCUT2D eigenvalue weighted by Gasteiger charge is 2.32. The molecule has 4 aromatic rings. The molecule has 130 valence electrons. The van der Waals surface area contributed by atoms with Crippen LogP contribution in [0.2, 0.25) is 0 Å². The van der Waals surface area contributed by atoms with Gasteiger partial charge in [0, 0.05) is 11.8 Å². The maximum absolute atomic E-state index is 6.44. The van der Waals surface area contributed by atoms with Gasteiger partial charge < -0.3 is 9.15 Å². The van der Waals surface area contributed by atoms with Crippen LogP contribution < -0.4 is 9.30 Å². The largest absolute Gasteiger partial charge is 0.455 e. The average molecular weight is 344 g/mol. The maximum Gasteiger partial charge on any atom is 0.257 e. The van der Waals surface area contributed by atoms with E-state index in [0.29, 0.717) is 5.92 Å². The fraction of sp³-hybridized carbons (Fsp3) is 0.261. The lowest BCUT2D eigenvalue weighted by atomic mass is 9.93. The quantitative estimate of drug-likeness (QED) is 0.385. The smallest absolute Gasteiger partial charge is 0.257 e. The van der Waals surface area contributed by atoms with E-state index in [1.807, 2.05) is 0 Å². The van der Waals surface area contributed by atoms with Crippen molar-refractivity contribution in [1.29, 1.82) is 0 Å². The summed E-state index contributed by atoms with van der Waals surface area (Å²) in [5, 5.41) is 3.46. The van der Waals surface area contributed by atoms with Crippen molar-refractivity contribution in [3.8, 4) is 22.8 Å². The van der Waals surface area contributed by atoms with Crippen LogP contribution in [0.4, 0.5) is 0 Å². The predicted octanol–water partition coefficient (Wildman–Crippen LogP) is 5.69. The Morgan fingerprint density at radius 1 is 1.12 bits per heavy atom. The number of rotatable bonds is 2. The minimum absolute atomic E-state index is 0.553. The average Bonchev–Trinajstić information content (AvgIpc) is 2.99. The van der Waals surface area contributed by atoms with Gasteiger partial charge in [-0.05, 0) is 35.9 Å². The molecule has 3 heterocycles. The minimum atomic E-state index is 0.553. The van der Waals surface area contributed by atoms with Gasteiger partial charge in [0.1, 0.15) is 18.6 Å². The molecule has 0 aliphatic carbocycles. The van der Waals surface area contributed by atoms with Crippen molar-refractivity contribution in [2.45, 2.75) is 27.2 Å². The van der Waals surface area contributed by atoms with Gasteiger partial charge in [-0.25, -0.2) is 0 Å². The van der Waals surface area contributed by atoms with E-state index in [9.17, 15) is 0 Å². The molecule has 5 rings (SSSR count). The van der Waals surface area contributed by atoms with Crippen molar-refractivity contribution >= 4 is 21.7 Å². The topological polar surface area (TPSA) is 26.2 Å². The molecule has 0 saturated carbocycles. The third-order valence-electron chi connectivity index (χ3n) is 5.21. The summed E-state index contributed by atoms with van der Waals surface area (Å²) >= 11 is 0. The standard InChI is InChI=1S/C23H22NO2/c1-13(2)10-16-11-17-19(25-16)12-24(4)22-20-14(3)8-9-15-6-5-7-18(21(15)20)26-23(17)22/h5-9,11-13H,10H2,1-4H3/q+1. The van der Waals surface area contributed by atoms with Crippen LogP contribution >= 0.6 is 0 Å². The highest BCUT2D eigenvalue weighted by atomic mass is 16.5. The summed E-state index contributed by atoms with van der Waals surface area (Å²) in [5.41, 5.74) is 4.52. The lowest BCUT2D eigenvalue weighted by Crippen LogP contribution is -2.32. The number of fused-ring (bicyclic) bond motifs is 4. The van der Waals surface area contributed by atoms with Gasteiger partial charge in [0.25, 0.3) is 5.69 Å². The molecule has 3 heteroatoms. The van der Waals surface area contributed by atoms with Gasteiger partial charge in [-0.1, -0.05) is 38.1 Å². The van der Waals surface area contributed by atoms with Crippen molar-refractivity contribution in [2.24, 2.45) is 13.0 Å². The molecule has 0 fully saturated rings. The van der Waals surface area contributed by atoms with E-state index in [2.05, 4.69) is 75.0 Å². The fourth-order valence-corrected chi connectivity index (χ4v) is 4.11. The molecule has 26 heavy (non-hydrogen) atoms. The Hall–Kier alpha value is -2.81. The van der Waals surface area contributed by atoms with Gasteiger partial charge in [-0.3, -0.25) is 0 Å². The van der Waals surface area contributed by atoms with E-state index in [0.717, 1.165) is 40.3 Å². The van der Waals surface area contributed by atoms with Crippen LogP contribution in [-0.4, -0.2) is 0 Å². The highest BCUT2D eigenvalue weighted by molar-refractivity contribution is 6.06. The number of hydrogen-bond acceptors (Lipinski definition) is 2. The molecule has 0 amide bonds. The van der Waals surface area contributed by atoms with Crippen molar-refractivity contribution in [1.82, 2.24) is 0 Å². The highest BCUT2D eigenvalue weighted by Crippen LogP contribution is 2.49. The summed E-state index contributed by atoms with van der Waals surface area (Å²) in [6.07, 6.45) is 3.01. The number of aryl methyl sites for hydroxylation is 2. The Kier molecular flexibility index (Phi) is 3.17. The molecule has 0 radical (unpaired) electrons. The van der Waals surface area contributed by atoms with Crippen molar-refractivity contribution in [2.75, 3.05) is 0 Å². The van der Waals surface area contributed by atoms with Crippen molar-refractivity contribution in [3.63, 3.8) is 0 Å². The Morgan fingerprint density at radius 2 is 1.96 bits per heavy atom. The first-order valence-corrected chi connectivity index (χ1v) is 9.18. The Balaban J connectivity index is 1.87. The molecule has 2 aromatic carbocycles. The van der Waals surface area contributed by atoms with E-state index >= 15 is 0 Å². The summed E-state index contributed by atoms with van der Waals surface area (Å²) < 4.78 is 14.7. The van der Waals surface area contributed by atoms with Gasteiger partial charge >= 0.3 is 0 Å². The molecular weight excluding hydrogens is 322 g/mol. The normalized spacial score (nSPS) is 12.7. The van der Waals surface area contributed by atoms with Crippen LogP contribution in [0, 0.1) is 12.8 Å². The van der Waals surface area contributed by atoms with Crippen LogP contribution in [0.5, 0.6) is 11.5 Å². The van der Waals surface area contributed by atoms with Crippen molar-refractivity contribution in [3.05, 3.63) is 53.9 Å². The van der Waals surface area contributed by atoms with Gasteiger partial charge in [0.05, 0.1) is 10.9 Å². The fourth-order valence-electron chi connectivity index (χ4n) is 4.11. The van der Waals surface area contributed by atoms with Crippen LogP contribution in [0.3, 0.4) is 0 Å². The van der Waals surface area contributed by atoms with Crippen LogP contribution in [-0.2, 0) is 13.5 Å². The van der Waals surface area contributed by atoms with E-state index in [-0.39, 0.29) is 0 Å². The van der Waals surface area contributed by atoms with Gasteiger partial charge in [0.2, 0.25) is 17.5 Å². The Morgan fingerprint density at radius 3 is 2.77 bits per heavy atom. The molecule has 1 aliphatic heterocycles. The van der Waals surface area contributed by atoms with Gasteiger partial charge in [-0.2, -0.15) is 4.57 Å². The van der Waals surface area contributed by atoms with E-state index < -0.39 is 0 Å². The predicted molar refractivity (Wildman–Crippen MR) is 104 cm³/mol. The number of hydrogen-bond donors (Lipinski definition) is 0. The van der Waals surface area contributed by atoms with E-state index in [4.69, 9.17) is 9.15 Å². The monoisotopic (exact) mass is 344 g/mol. The molecule has 0 saturated heterocycles. The first kappa shape index (κ1) is 15.4. The van der Waals surface area contributed by atoms with Crippen molar-refractivity contribution < 1.29 is 13.7 Å². The molecular formula is C23H22NO2+. The molecule has 0 spiro atoms. The van der Waals surface area contributed by atoms with Crippen LogP contribution in [0.25, 0.3) is 33.0 Å². The zero-order valence-electron chi connectivity index (χ0n) is 15.6. The second kappa shape index (κ2) is 5.34. The lowest BCUT2D eigenvalue weighted by molar-refractivity contribution is -0.659. The van der Waals surface area contributed by atoms with Gasteiger partial charge in [0.15, 0.2) is 0 Å². The summed E-state index contributed by atoms with van der Waals surface area (Å²) in [6.45, 7) is 6.59. The molecule has 0 bridgehead atoms. The zero-order chi connectivity index (χ0) is 18.0. The van der Waals surface area contributed by atoms with Crippen LogP contribution in [0.15, 0.2) is 47.0 Å². The molecule has 3 nitrogen and oxygen atoms in total. The Labute approximate surface area is 152 Å². The molecule has 0 unspecified atom stereocenters. The van der Waals surface area contributed by atoms with E-state index in [1.165, 1.54) is 21.9 Å². The Bertz CT molecular complexity index is 1180. The number of ether oxygens (including phenoxy) is 1. The number of pyridine rings is 1. The lowest BCUT2D eigenvalue weighted by Gasteiger charge is -2.20. The summed E-state index contributed by atoms with van der Waals surface area (Å²) in [7, 11) is 2.07. The number of aromatic nitrogens is 1. The SMILES string of the molecule is Cc1ccc2cccc3c2c1-c1c(c2cc(CC(C)C)oc2c[n+]1C)O3. The second-order valence-electron chi connectivity index (χ2n) is 7.72. The maximum atomic E-state index is 6.44. The number of benzene rings is 2. The van der Waals surface area contributed by atoms with Gasteiger partial charge in [-0.15, -0.1) is 0 Å². The summed E-state index contributed by atoms with van der Waals surface area (Å²) in [4.78, 5) is 0. The third-order valence-corrected chi connectivity index (χ3v) is 5.21. The van der Waals surface area contributed by atoms with E-state index in [1.54, 1.807) is 0 Å². The molecule has 1 aliphatic rings. The molecule has 0 atom stereocenters. The summed E-state index contributed by atoms with van der Waals surface area (Å²) in [5.74, 6) is 3.39. The second-order valence-corrected chi connectivity index (χ2v) is 7.72. The molecule has 2 aromatic heterocycles. The van der Waals surface area contributed by atoms with Crippen LogP contribution in [0.1, 0.15) is 25.2 Å².